The van der Waals surface area contributed by atoms with Crippen molar-refractivity contribution in [1.82, 2.24) is 10.6 Å². The van der Waals surface area contributed by atoms with Gasteiger partial charge in [0.05, 0.1) is 6.61 Å². The van der Waals surface area contributed by atoms with E-state index in [2.05, 4.69) is 10.6 Å². The molecule has 2 fully saturated rings. The highest BCUT2D eigenvalue weighted by Crippen LogP contribution is 2.27. The lowest BCUT2D eigenvalue weighted by Crippen LogP contribution is -2.57. The summed E-state index contributed by atoms with van der Waals surface area (Å²) in [6.45, 7) is 1.96. The van der Waals surface area contributed by atoms with Crippen molar-refractivity contribution in [2.75, 3.05) is 19.8 Å². The molecular weight excluding hydrogens is 260 g/mol. The van der Waals surface area contributed by atoms with E-state index in [1.165, 1.54) is 0 Å². The molecule has 2 rings (SSSR count). The number of nitrogens with one attached hydrogen (secondary N) is 2. The van der Waals surface area contributed by atoms with Gasteiger partial charge < -0.3 is 20.5 Å². The topological polar surface area (TPSA) is 87.7 Å². The van der Waals surface area contributed by atoms with Gasteiger partial charge in [-0.25, -0.2) is 9.59 Å². The highest BCUT2D eigenvalue weighted by molar-refractivity contribution is 5.86. The molecule has 1 unspecified atom stereocenters. The number of ether oxygens (including phenoxy) is 1. The molecule has 0 aromatic carbocycles. The number of urea groups is 1. The van der Waals surface area contributed by atoms with Crippen molar-refractivity contribution >= 4 is 12.0 Å². The van der Waals surface area contributed by atoms with Crippen molar-refractivity contribution in [3.63, 3.8) is 0 Å². The lowest BCUT2D eigenvalue weighted by molar-refractivity contribution is -0.145. The highest BCUT2D eigenvalue weighted by atomic mass is 16.5. The molecule has 6 heteroatoms. The molecule has 2 amide bonds. The molecule has 0 bridgehead atoms. The molecule has 0 spiro atoms. The van der Waals surface area contributed by atoms with E-state index >= 15 is 0 Å². The molecule has 1 aliphatic carbocycles. The number of hydrogen-bond donors (Lipinski definition) is 3. The molecule has 0 radical (unpaired) electrons. The molecule has 1 aliphatic heterocycles. The Morgan fingerprint density at radius 2 is 1.90 bits per heavy atom. The van der Waals surface area contributed by atoms with Gasteiger partial charge in [-0.1, -0.05) is 25.7 Å². The predicted octanol–water partition coefficient (Wildman–Crippen LogP) is 1.50. The van der Waals surface area contributed by atoms with Crippen molar-refractivity contribution in [3.05, 3.63) is 0 Å². The second-order valence-corrected chi connectivity index (χ2v) is 5.87. The summed E-state index contributed by atoms with van der Waals surface area (Å²) in [5, 5.41) is 15.0. The van der Waals surface area contributed by atoms with Gasteiger partial charge in [0.15, 0.2) is 0 Å². The number of carbonyl (C=O) groups is 2. The first-order chi connectivity index (χ1) is 9.62. The minimum atomic E-state index is -1.09. The maximum atomic E-state index is 12.0. The first kappa shape index (κ1) is 15.1. The van der Waals surface area contributed by atoms with Crippen molar-refractivity contribution in [1.29, 1.82) is 0 Å². The molecule has 6 nitrogen and oxygen atoms in total. The summed E-state index contributed by atoms with van der Waals surface area (Å²) in [7, 11) is 0. The van der Waals surface area contributed by atoms with Gasteiger partial charge in [0.1, 0.15) is 5.54 Å². The molecule has 0 aromatic rings. The van der Waals surface area contributed by atoms with E-state index in [9.17, 15) is 14.7 Å². The normalized spacial score (nSPS) is 25.7. The van der Waals surface area contributed by atoms with Crippen LogP contribution in [-0.4, -0.2) is 42.4 Å². The Hall–Kier alpha value is -1.30. The zero-order valence-corrected chi connectivity index (χ0v) is 11.8. The van der Waals surface area contributed by atoms with Crippen molar-refractivity contribution in [2.45, 2.75) is 50.5 Å². The average Bonchev–Trinajstić information content (AvgIpc) is 2.82. The predicted molar refractivity (Wildman–Crippen MR) is 73.5 cm³/mol. The molecule has 0 aromatic heterocycles. The first-order valence-corrected chi connectivity index (χ1v) is 7.49. The van der Waals surface area contributed by atoms with Crippen LogP contribution in [0.2, 0.25) is 0 Å². The fraction of sp³-hybridized carbons (Fsp3) is 0.857. The maximum absolute atomic E-state index is 12.0. The van der Waals surface area contributed by atoms with Gasteiger partial charge in [0, 0.05) is 19.1 Å². The molecule has 1 heterocycles. The Labute approximate surface area is 119 Å². The summed E-state index contributed by atoms with van der Waals surface area (Å²) in [5.74, 6) is -0.575. The summed E-state index contributed by atoms with van der Waals surface area (Å²) in [6, 6.07) is -0.374. The summed E-state index contributed by atoms with van der Waals surface area (Å²) in [5.41, 5.74) is -1.09. The Bertz CT molecular complexity index is 345. The minimum absolute atomic E-state index is 0.343. The largest absolute Gasteiger partial charge is 0.480 e. The van der Waals surface area contributed by atoms with Crippen LogP contribution in [0.4, 0.5) is 4.79 Å². The summed E-state index contributed by atoms with van der Waals surface area (Å²) in [6.07, 6.45) is 5.76. The number of carbonyl (C=O) groups excluding carboxylic acids is 1. The fourth-order valence-electron chi connectivity index (χ4n) is 2.97. The molecule has 1 saturated heterocycles. The molecule has 3 N–H and O–H groups in total. The summed E-state index contributed by atoms with van der Waals surface area (Å²) in [4.78, 5) is 23.5. The van der Waals surface area contributed by atoms with Crippen LogP contribution in [0, 0.1) is 5.92 Å². The molecule has 20 heavy (non-hydrogen) atoms. The smallest absolute Gasteiger partial charge is 0.329 e. The van der Waals surface area contributed by atoms with Crippen LogP contribution in [-0.2, 0) is 9.53 Å². The zero-order chi connectivity index (χ0) is 14.4. The number of aliphatic carboxylic acids is 1. The van der Waals surface area contributed by atoms with Crippen molar-refractivity contribution < 1.29 is 19.4 Å². The molecule has 1 saturated carbocycles. The number of carboxylic acids is 1. The van der Waals surface area contributed by atoms with Gasteiger partial charge in [-0.2, -0.15) is 0 Å². The van der Waals surface area contributed by atoms with E-state index in [-0.39, 0.29) is 6.03 Å². The molecule has 114 valence electrons. The van der Waals surface area contributed by atoms with Crippen LogP contribution in [0.1, 0.15) is 44.9 Å². The van der Waals surface area contributed by atoms with Crippen LogP contribution < -0.4 is 10.6 Å². The van der Waals surface area contributed by atoms with Gasteiger partial charge in [-0.15, -0.1) is 0 Å². The molecule has 2 aliphatic rings. The third-order valence-corrected chi connectivity index (χ3v) is 4.29. The SMILES string of the molecule is O=C(NCC1CCOC1)NC1(C(=O)O)CCCCCC1. The third kappa shape index (κ3) is 3.85. The number of carboxylic acid groups (broad SMARTS) is 1. The monoisotopic (exact) mass is 284 g/mol. The van der Waals surface area contributed by atoms with E-state index in [0.29, 0.717) is 31.9 Å². The Kier molecular flexibility index (Phi) is 5.23. The van der Waals surface area contributed by atoms with Crippen LogP contribution >= 0.6 is 0 Å². The van der Waals surface area contributed by atoms with E-state index in [1.54, 1.807) is 0 Å². The lowest BCUT2D eigenvalue weighted by atomic mass is 9.90. The van der Waals surface area contributed by atoms with E-state index < -0.39 is 11.5 Å². The number of amides is 2. The van der Waals surface area contributed by atoms with Crippen molar-refractivity contribution in [2.24, 2.45) is 5.92 Å². The number of hydrogen-bond acceptors (Lipinski definition) is 3. The second kappa shape index (κ2) is 6.92. The van der Waals surface area contributed by atoms with Gasteiger partial charge in [0.25, 0.3) is 0 Å². The Morgan fingerprint density at radius 3 is 2.45 bits per heavy atom. The van der Waals surface area contributed by atoms with Crippen LogP contribution in [0.5, 0.6) is 0 Å². The van der Waals surface area contributed by atoms with Gasteiger partial charge in [-0.3, -0.25) is 0 Å². The Balaban J connectivity index is 1.86. The van der Waals surface area contributed by atoms with Crippen LogP contribution in [0.3, 0.4) is 0 Å². The summed E-state index contributed by atoms with van der Waals surface area (Å²) >= 11 is 0. The van der Waals surface area contributed by atoms with Crippen LogP contribution in [0.25, 0.3) is 0 Å². The van der Waals surface area contributed by atoms with Crippen molar-refractivity contribution in [3.8, 4) is 0 Å². The highest BCUT2D eigenvalue weighted by Gasteiger charge is 2.40. The average molecular weight is 284 g/mol. The van der Waals surface area contributed by atoms with E-state index in [1.807, 2.05) is 0 Å². The Morgan fingerprint density at radius 1 is 1.20 bits per heavy atom. The minimum Gasteiger partial charge on any atom is -0.480 e. The zero-order valence-electron chi connectivity index (χ0n) is 11.8. The molecule has 1 atom stereocenters. The number of rotatable bonds is 4. The van der Waals surface area contributed by atoms with Gasteiger partial charge in [0.2, 0.25) is 0 Å². The van der Waals surface area contributed by atoms with Gasteiger partial charge >= 0.3 is 12.0 Å². The second-order valence-electron chi connectivity index (χ2n) is 5.87. The third-order valence-electron chi connectivity index (χ3n) is 4.29. The van der Waals surface area contributed by atoms with E-state index in [4.69, 9.17) is 4.74 Å². The lowest BCUT2D eigenvalue weighted by Gasteiger charge is -2.29. The van der Waals surface area contributed by atoms with Crippen LogP contribution in [0.15, 0.2) is 0 Å². The first-order valence-electron chi connectivity index (χ1n) is 7.49. The standard InChI is InChI=1S/C14H24N2O4/c17-12(18)14(6-3-1-2-4-7-14)16-13(19)15-9-11-5-8-20-10-11/h11H,1-10H2,(H,17,18)(H2,15,16,19). The fourth-order valence-corrected chi connectivity index (χ4v) is 2.97. The van der Waals surface area contributed by atoms with E-state index in [0.717, 1.165) is 38.7 Å². The summed E-state index contributed by atoms with van der Waals surface area (Å²) < 4.78 is 5.25. The maximum Gasteiger partial charge on any atom is 0.329 e. The quantitative estimate of drug-likeness (QED) is 0.683. The molecular formula is C14H24N2O4. The van der Waals surface area contributed by atoms with Gasteiger partial charge in [-0.05, 0) is 19.3 Å².